The molecule has 0 saturated heterocycles. The number of amides is 1. The van der Waals surface area contributed by atoms with Crippen molar-refractivity contribution in [3.05, 3.63) is 43.7 Å². The van der Waals surface area contributed by atoms with E-state index in [1.54, 1.807) is 19.1 Å². The first-order valence-electron chi connectivity index (χ1n) is 5.93. The van der Waals surface area contributed by atoms with Gasteiger partial charge in [0.2, 0.25) is 0 Å². The van der Waals surface area contributed by atoms with E-state index in [-0.39, 0.29) is 5.91 Å². The summed E-state index contributed by atoms with van der Waals surface area (Å²) in [5, 5.41) is 2.87. The maximum atomic E-state index is 12.4. The van der Waals surface area contributed by atoms with Gasteiger partial charge in [-0.1, -0.05) is 0 Å². The molecule has 1 heterocycles. The Labute approximate surface area is 134 Å². The van der Waals surface area contributed by atoms with Crippen molar-refractivity contribution < 1.29 is 9.21 Å². The summed E-state index contributed by atoms with van der Waals surface area (Å²) >= 11 is 6.79. The minimum atomic E-state index is -0.206. The molecule has 1 aromatic carbocycles. The van der Waals surface area contributed by atoms with Crippen LogP contribution in [0.3, 0.4) is 0 Å². The number of hydrogen-bond acceptors (Lipinski definition) is 3. The Morgan fingerprint density at radius 1 is 1.15 bits per heavy atom. The number of halogens is 2. The van der Waals surface area contributed by atoms with Crippen molar-refractivity contribution >= 4 is 49.1 Å². The van der Waals surface area contributed by atoms with Crippen molar-refractivity contribution in [2.75, 3.05) is 11.1 Å². The number of nitrogens with one attached hydrogen (secondary N) is 1. The summed E-state index contributed by atoms with van der Waals surface area (Å²) in [5.74, 6) is 1.16. The topological polar surface area (TPSA) is 68.3 Å². The summed E-state index contributed by atoms with van der Waals surface area (Å²) in [6.07, 6.45) is 0. The third kappa shape index (κ3) is 2.76. The Morgan fingerprint density at radius 2 is 1.70 bits per heavy atom. The van der Waals surface area contributed by atoms with Gasteiger partial charge in [-0.15, -0.1) is 0 Å². The van der Waals surface area contributed by atoms with Gasteiger partial charge in [-0.2, -0.15) is 0 Å². The van der Waals surface area contributed by atoms with Gasteiger partial charge < -0.3 is 15.5 Å². The molecule has 0 atom stereocenters. The van der Waals surface area contributed by atoms with Crippen LogP contribution < -0.4 is 11.1 Å². The number of aryl methyl sites for hydroxylation is 2. The number of nitrogens with two attached hydrogens (primary N) is 1. The first-order valence-corrected chi connectivity index (χ1v) is 7.52. The lowest BCUT2D eigenvalue weighted by Crippen LogP contribution is -2.14. The summed E-state index contributed by atoms with van der Waals surface area (Å²) in [4.78, 5) is 12.4. The number of nitrogen functional groups attached to an aromatic ring is 1. The molecule has 2 aromatic rings. The van der Waals surface area contributed by atoms with Crippen LogP contribution in [0.1, 0.15) is 27.4 Å². The van der Waals surface area contributed by atoms with E-state index in [2.05, 4.69) is 37.2 Å². The average Bonchev–Trinajstić information content (AvgIpc) is 2.58. The number of furan rings is 1. The van der Waals surface area contributed by atoms with Crippen LogP contribution >= 0.6 is 31.9 Å². The zero-order chi connectivity index (χ0) is 15.0. The normalized spacial score (nSPS) is 10.7. The van der Waals surface area contributed by atoms with Crippen molar-refractivity contribution in [2.45, 2.75) is 20.8 Å². The minimum absolute atomic E-state index is 0.206. The lowest BCUT2D eigenvalue weighted by molar-refractivity contribution is 0.102. The number of carbonyl (C=O) groups excluding carboxylic acids is 1. The predicted octanol–water partition coefficient (Wildman–Crippen LogP) is 4.56. The highest BCUT2D eigenvalue weighted by atomic mass is 79.9. The summed E-state index contributed by atoms with van der Waals surface area (Å²) in [6, 6.07) is 3.47. The van der Waals surface area contributed by atoms with Crippen LogP contribution in [0.4, 0.5) is 11.4 Å². The molecule has 0 aliphatic carbocycles. The van der Waals surface area contributed by atoms with E-state index in [0.29, 0.717) is 31.6 Å². The van der Waals surface area contributed by atoms with Gasteiger partial charge in [0, 0.05) is 20.2 Å². The van der Waals surface area contributed by atoms with Crippen LogP contribution in [0.25, 0.3) is 0 Å². The molecule has 1 aromatic heterocycles. The molecule has 0 bridgehead atoms. The van der Waals surface area contributed by atoms with Crippen LogP contribution in [-0.2, 0) is 0 Å². The number of anilines is 2. The summed E-state index contributed by atoms with van der Waals surface area (Å²) in [7, 11) is 0. The van der Waals surface area contributed by atoms with E-state index < -0.39 is 0 Å². The second-order valence-electron chi connectivity index (χ2n) is 4.53. The van der Waals surface area contributed by atoms with E-state index in [1.165, 1.54) is 0 Å². The lowest BCUT2D eigenvalue weighted by atomic mass is 10.1. The molecule has 0 saturated carbocycles. The summed E-state index contributed by atoms with van der Waals surface area (Å²) in [6.45, 7) is 5.49. The molecule has 1 amide bonds. The fourth-order valence-corrected chi connectivity index (χ4v) is 3.44. The number of carbonyl (C=O) groups is 1. The molecule has 0 aliphatic heterocycles. The molecule has 0 radical (unpaired) electrons. The van der Waals surface area contributed by atoms with E-state index in [1.807, 2.05) is 13.8 Å². The maximum Gasteiger partial charge on any atom is 0.259 e. The molecule has 20 heavy (non-hydrogen) atoms. The van der Waals surface area contributed by atoms with Gasteiger partial charge in [0.15, 0.2) is 0 Å². The SMILES string of the molecule is Cc1oc(C)c(C(=O)Nc2c(Br)cc(N)cc2Br)c1C. The highest BCUT2D eigenvalue weighted by molar-refractivity contribution is 9.11. The summed E-state index contributed by atoms with van der Waals surface area (Å²) in [5.41, 5.74) is 8.40. The Balaban J connectivity index is 2.38. The molecule has 0 spiro atoms. The van der Waals surface area contributed by atoms with Gasteiger partial charge in [-0.25, -0.2) is 0 Å². The zero-order valence-electron chi connectivity index (χ0n) is 11.3. The average molecular weight is 402 g/mol. The largest absolute Gasteiger partial charge is 0.466 e. The Kier molecular flexibility index (Phi) is 4.25. The minimum Gasteiger partial charge on any atom is -0.466 e. The molecule has 6 heteroatoms. The molecule has 3 N–H and O–H groups in total. The quantitative estimate of drug-likeness (QED) is 0.724. The fraction of sp³-hybridized carbons (Fsp3) is 0.214. The molecule has 0 fully saturated rings. The van der Waals surface area contributed by atoms with Gasteiger partial charge in [-0.3, -0.25) is 4.79 Å². The van der Waals surface area contributed by atoms with Gasteiger partial charge in [0.05, 0.1) is 11.3 Å². The lowest BCUT2D eigenvalue weighted by Gasteiger charge is -2.11. The predicted molar refractivity (Wildman–Crippen MR) is 87.1 cm³/mol. The van der Waals surface area contributed by atoms with Gasteiger partial charge in [0.1, 0.15) is 11.5 Å². The van der Waals surface area contributed by atoms with E-state index >= 15 is 0 Å². The van der Waals surface area contributed by atoms with Crippen molar-refractivity contribution in [3.8, 4) is 0 Å². The van der Waals surface area contributed by atoms with Crippen molar-refractivity contribution in [3.63, 3.8) is 0 Å². The fourth-order valence-electron chi connectivity index (χ4n) is 2.02. The first-order chi connectivity index (χ1) is 9.31. The van der Waals surface area contributed by atoms with Crippen LogP contribution in [0, 0.1) is 20.8 Å². The Hall–Kier alpha value is -1.27. The van der Waals surface area contributed by atoms with Crippen LogP contribution in [0.2, 0.25) is 0 Å². The second-order valence-corrected chi connectivity index (χ2v) is 6.24. The van der Waals surface area contributed by atoms with Gasteiger partial charge >= 0.3 is 0 Å². The molecule has 106 valence electrons. The molecule has 2 rings (SSSR count). The number of hydrogen-bond donors (Lipinski definition) is 2. The van der Waals surface area contributed by atoms with E-state index in [9.17, 15) is 4.79 Å². The Bertz CT molecular complexity index is 670. The monoisotopic (exact) mass is 400 g/mol. The van der Waals surface area contributed by atoms with Crippen molar-refractivity contribution in [1.29, 1.82) is 0 Å². The van der Waals surface area contributed by atoms with Gasteiger partial charge in [-0.05, 0) is 64.8 Å². The third-order valence-corrected chi connectivity index (χ3v) is 4.34. The molecule has 0 aliphatic rings. The standard InChI is InChI=1S/C14H14Br2N2O2/c1-6-7(2)20-8(3)12(6)14(19)18-13-10(15)4-9(17)5-11(13)16/h4-5H,17H2,1-3H3,(H,18,19). The van der Waals surface area contributed by atoms with Crippen LogP contribution in [0.5, 0.6) is 0 Å². The Morgan fingerprint density at radius 3 is 2.15 bits per heavy atom. The van der Waals surface area contributed by atoms with E-state index in [0.717, 1.165) is 11.3 Å². The maximum absolute atomic E-state index is 12.4. The molecular weight excluding hydrogens is 388 g/mol. The highest BCUT2D eigenvalue weighted by Gasteiger charge is 2.20. The van der Waals surface area contributed by atoms with Crippen molar-refractivity contribution in [1.82, 2.24) is 0 Å². The third-order valence-electron chi connectivity index (χ3n) is 3.09. The van der Waals surface area contributed by atoms with E-state index in [4.69, 9.17) is 10.2 Å². The zero-order valence-corrected chi connectivity index (χ0v) is 14.5. The van der Waals surface area contributed by atoms with Crippen molar-refractivity contribution in [2.24, 2.45) is 0 Å². The molecule has 4 nitrogen and oxygen atoms in total. The second kappa shape index (κ2) is 5.61. The van der Waals surface area contributed by atoms with Crippen LogP contribution in [0.15, 0.2) is 25.5 Å². The number of benzene rings is 1. The van der Waals surface area contributed by atoms with Gasteiger partial charge in [0.25, 0.3) is 5.91 Å². The highest BCUT2D eigenvalue weighted by Crippen LogP contribution is 2.34. The molecular formula is C14H14Br2N2O2. The van der Waals surface area contributed by atoms with Crippen LogP contribution in [-0.4, -0.2) is 5.91 Å². The first kappa shape index (κ1) is 15.1. The molecule has 0 unspecified atom stereocenters. The number of rotatable bonds is 2. The summed E-state index contributed by atoms with van der Waals surface area (Å²) < 4.78 is 6.91. The smallest absolute Gasteiger partial charge is 0.259 e.